The van der Waals surface area contributed by atoms with E-state index in [4.69, 9.17) is 0 Å². The number of amides is 1. The average molecular weight is 269 g/mol. The fourth-order valence-corrected chi connectivity index (χ4v) is 1.87. The van der Waals surface area contributed by atoms with Crippen LogP contribution in [0.2, 0.25) is 0 Å². The van der Waals surface area contributed by atoms with Gasteiger partial charge in [0.15, 0.2) is 0 Å². The Morgan fingerprint density at radius 1 is 1.15 bits per heavy atom. The zero-order valence-corrected chi connectivity index (χ0v) is 12.0. The van der Waals surface area contributed by atoms with Crippen molar-refractivity contribution in [3.63, 3.8) is 0 Å². The summed E-state index contributed by atoms with van der Waals surface area (Å²) in [5, 5.41) is 6.10. The molecule has 0 fully saturated rings. The van der Waals surface area contributed by atoms with Gasteiger partial charge in [-0.25, -0.2) is 0 Å². The Kier molecular flexibility index (Phi) is 4.35. The van der Waals surface area contributed by atoms with Crippen molar-refractivity contribution < 1.29 is 4.79 Å². The molecule has 1 aromatic heterocycles. The van der Waals surface area contributed by atoms with E-state index >= 15 is 0 Å². The van der Waals surface area contributed by atoms with Crippen LogP contribution in [-0.4, -0.2) is 16.9 Å². The van der Waals surface area contributed by atoms with E-state index in [1.807, 2.05) is 45.0 Å². The van der Waals surface area contributed by atoms with Crippen LogP contribution >= 0.6 is 0 Å². The number of aryl methyl sites for hydroxylation is 1. The van der Waals surface area contributed by atoms with E-state index in [1.54, 1.807) is 18.5 Å². The van der Waals surface area contributed by atoms with Crippen molar-refractivity contribution in [2.24, 2.45) is 0 Å². The van der Waals surface area contributed by atoms with Crippen molar-refractivity contribution in [1.29, 1.82) is 0 Å². The highest BCUT2D eigenvalue weighted by molar-refractivity contribution is 5.95. The van der Waals surface area contributed by atoms with Crippen molar-refractivity contribution >= 4 is 17.3 Å². The first kappa shape index (κ1) is 14.1. The number of anilines is 2. The van der Waals surface area contributed by atoms with Crippen molar-refractivity contribution in [3.05, 3.63) is 53.9 Å². The smallest absolute Gasteiger partial charge is 0.253 e. The van der Waals surface area contributed by atoms with Gasteiger partial charge >= 0.3 is 0 Å². The number of aromatic nitrogens is 1. The van der Waals surface area contributed by atoms with Gasteiger partial charge in [0, 0.05) is 17.9 Å². The van der Waals surface area contributed by atoms with E-state index in [1.165, 1.54) is 5.56 Å². The van der Waals surface area contributed by atoms with Crippen LogP contribution in [0.25, 0.3) is 0 Å². The molecular weight excluding hydrogens is 250 g/mol. The van der Waals surface area contributed by atoms with Crippen molar-refractivity contribution in [2.75, 3.05) is 5.32 Å². The zero-order valence-electron chi connectivity index (χ0n) is 12.0. The Morgan fingerprint density at radius 3 is 2.65 bits per heavy atom. The Hall–Kier alpha value is -2.36. The van der Waals surface area contributed by atoms with Crippen molar-refractivity contribution in [3.8, 4) is 0 Å². The second kappa shape index (κ2) is 6.19. The Bertz CT molecular complexity index is 608. The van der Waals surface area contributed by atoms with E-state index < -0.39 is 0 Å². The second-order valence-electron chi connectivity index (χ2n) is 5.08. The molecule has 2 aromatic rings. The summed E-state index contributed by atoms with van der Waals surface area (Å²) in [4.78, 5) is 16.0. The number of benzene rings is 1. The third kappa shape index (κ3) is 3.82. The Morgan fingerprint density at radius 2 is 1.95 bits per heavy atom. The van der Waals surface area contributed by atoms with Gasteiger partial charge in [0.05, 0.1) is 17.4 Å². The topological polar surface area (TPSA) is 54.0 Å². The first-order valence-corrected chi connectivity index (χ1v) is 6.64. The van der Waals surface area contributed by atoms with E-state index in [9.17, 15) is 4.79 Å². The minimum Gasteiger partial charge on any atom is -0.354 e. The normalized spacial score (nSPS) is 10.4. The molecule has 2 rings (SSSR count). The molecule has 104 valence electrons. The van der Waals surface area contributed by atoms with Gasteiger partial charge in [-0.1, -0.05) is 12.1 Å². The number of pyridine rings is 1. The van der Waals surface area contributed by atoms with Gasteiger partial charge in [0.1, 0.15) is 0 Å². The number of hydrogen-bond acceptors (Lipinski definition) is 3. The molecule has 0 aliphatic heterocycles. The largest absolute Gasteiger partial charge is 0.354 e. The lowest BCUT2D eigenvalue weighted by atomic mass is 10.2. The molecule has 4 heteroatoms. The van der Waals surface area contributed by atoms with E-state index in [-0.39, 0.29) is 11.9 Å². The van der Waals surface area contributed by atoms with Gasteiger partial charge in [-0.15, -0.1) is 0 Å². The van der Waals surface area contributed by atoms with Crippen LogP contribution in [0.15, 0.2) is 42.7 Å². The summed E-state index contributed by atoms with van der Waals surface area (Å²) in [6, 6.07) is 9.95. The maximum atomic E-state index is 11.9. The molecule has 0 bridgehead atoms. The summed E-state index contributed by atoms with van der Waals surface area (Å²) in [5.41, 5.74) is 3.51. The van der Waals surface area contributed by atoms with Gasteiger partial charge in [0.25, 0.3) is 5.91 Å². The summed E-state index contributed by atoms with van der Waals surface area (Å²) >= 11 is 0. The Labute approximate surface area is 119 Å². The summed E-state index contributed by atoms with van der Waals surface area (Å²) in [6.45, 7) is 5.90. The maximum absolute atomic E-state index is 11.9. The lowest BCUT2D eigenvalue weighted by Crippen LogP contribution is -2.30. The molecule has 0 unspecified atom stereocenters. The number of hydrogen-bond donors (Lipinski definition) is 2. The molecule has 2 N–H and O–H groups in total. The molecule has 1 amide bonds. The predicted molar refractivity (Wildman–Crippen MR) is 81.3 cm³/mol. The standard InChI is InChI=1S/C16H19N3O/c1-11(2)18-16(20)13-8-15(10-17-9-13)19-14-6-4-5-12(3)7-14/h4-11,19H,1-3H3,(H,18,20). The lowest BCUT2D eigenvalue weighted by Gasteiger charge is -2.10. The highest BCUT2D eigenvalue weighted by Crippen LogP contribution is 2.17. The minimum absolute atomic E-state index is 0.107. The third-order valence-corrected chi connectivity index (χ3v) is 2.73. The van der Waals surface area contributed by atoms with Crippen molar-refractivity contribution in [2.45, 2.75) is 26.8 Å². The zero-order chi connectivity index (χ0) is 14.5. The number of nitrogens with one attached hydrogen (secondary N) is 2. The predicted octanol–water partition coefficient (Wildman–Crippen LogP) is 3.27. The second-order valence-corrected chi connectivity index (χ2v) is 5.08. The number of nitrogens with zero attached hydrogens (tertiary/aromatic N) is 1. The summed E-state index contributed by atoms with van der Waals surface area (Å²) < 4.78 is 0. The fraction of sp³-hybridized carbons (Fsp3) is 0.250. The van der Waals surface area contributed by atoms with Gasteiger partial charge in [-0.2, -0.15) is 0 Å². The number of rotatable bonds is 4. The highest BCUT2D eigenvalue weighted by Gasteiger charge is 2.08. The number of carbonyl (C=O) groups excluding carboxylic acids is 1. The first-order chi connectivity index (χ1) is 9.54. The average Bonchev–Trinajstić information content (AvgIpc) is 2.38. The molecule has 0 radical (unpaired) electrons. The van der Waals surface area contributed by atoms with Crippen LogP contribution < -0.4 is 10.6 Å². The van der Waals surface area contributed by atoms with Gasteiger partial charge in [0.2, 0.25) is 0 Å². The monoisotopic (exact) mass is 269 g/mol. The quantitative estimate of drug-likeness (QED) is 0.895. The van der Waals surface area contributed by atoms with Crippen LogP contribution in [0.1, 0.15) is 29.8 Å². The molecule has 0 aliphatic rings. The number of carbonyl (C=O) groups is 1. The SMILES string of the molecule is Cc1cccc(Nc2cncc(C(=O)NC(C)C)c2)c1. The van der Waals surface area contributed by atoms with Crippen LogP contribution in [-0.2, 0) is 0 Å². The first-order valence-electron chi connectivity index (χ1n) is 6.64. The van der Waals surface area contributed by atoms with E-state index in [0.717, 1.165) is 11.4 Å². The highest BCUT2D eigenvalue weighted by atomic mass is 16.1. The molecular formula is C16H19N3O. The molecule has 0 atom stereocenters. The van der Waals surface area contributed by atoms with E-state index in [2.05, 4.69) is 15.6 Å². The van der Waals surface area contributed by atoms with E-state index in [0.29, 0.717) is 5.56 Å². The molecule has 20 heavy (non-hydrogen) atoms. The molecule has 1 heterocycles. The van der Waals surface area contributed by atoms with Crippen LogP contribution in [0.5, 0.6) is 0 Å². The van der Waals surface area contributed by atoms with Gasteiger partial charge in [-0.3, -0.25) is 9.78 Å². The summed E-state index contributed by atoms with van der Waals surface area (Å²) in [7, 11) is 0. The van der Waals surface area contributed by atoms with Crippen LogP contribution in [0.4, 0.5) is 11.4 Å². The molecule has 0 aliphatic carbocycles. The van der Waals surface area contributed by atoms with Gasteiger partial charge < -0.3 is 10.6 Å². The third-order valence-electron chi connectivity index (χ3n) is 2.73. The van der Waals surface area contributed by atoms with Crippen LogP contribution in [0, 0.1) is 6.92 Å². The Balaban J connectivity index is 2.15. The molecule has 0 saturated heterocycles. The van der Waals surface area contributed by atoms with Gasteiger partial charge in [-0.05, 0) is 44.5 Å². The molecule has 0 spiro atoms. The van der Waals surface area contributed by atoms with Crippen LogP contribution in [0.3, 0.4) is 0 Å². The minimum atomic E-state index is -0.111. The summed E-state index contributed by atoms with van der Waals surface area (Å²) in [5.74, 6) is -0.111. The molecule has 4 nitrogen and oxygen atoms in total. The summed E-state index contributed by atoms with van der Waals surface area (Å²) in [6.07, 6.45) is 3.27. The fourth-order valence-electron chi connectivity index (χ4n) is 1.87. The maximum Gasteiger partial charge on any atom is 0.253 e. The molecule has 0 saturated carbocycles. The van der Waals surface area contributed by atoms with Crippen molar-refractivity contribution in [1.82, 2.24) is 10.3 Å². The molecule has 1 aromatic carbocycles. The lowest BCUT2D eigenvalue weighted by molar-refractivity contribution is 0.0943.